The third-order valence-corrected chi connectivity index (χ3v) is 9.76. The lowest BCUT2D eigenvalue weighted by atomic mass is 9.51. The highest BCUT2D eigenvalue weighted by Crippen LogP contribution is 2.65. The average molecular weight is 612 g/mol. The van der Waals surface area contributed by atoms with Crippen molar-refractivity contribution in [2.45, 2.75) is 25.7 Å². The number of aromatic hydroxyl groups is 1. The summed E-state index contributed by atoms with van der Waals surface area (Å²) < 4.78 is 25.3. The quantitative estimate of drug-likeness (QED) is 0.393. The minimum atomic E-state index is -1.49. The van der Waals surface area contributed by atoms with Gasteiger partial charge in [-0.25, -0.2) is 14.1 Å². The van der Waals surface area contributed by atoms with Crippen molar-refractivity contribution >= 4 is 46.9 Å². The van der Waals surface area contributed by atoms with E-state index in [2.05, 4.69) is 0 Å². The molecule has 2 heterocycles. The van der Waals surface area contributed by atoms with Gasteiger partial charge in [-0.3, -0.25) is 19.2 Å². The van der Waals surface area contributed by atoms with E-state index in [1.807, 2.05) is 0 Å². The van der Waals surface area contributed by atoms with Crippen LogP contribution in [0.5, 0.6) is 17.2 Å². The first-order valence-corrected chi connectivity index (χ1v) is 13.9. The highest BCUT2D eigenvalue weighted by atomic mass is 35.5. The second-order valence-electron chi connectivity index (χ2n) is 11.4. The van der Waals surface area contributed by atoms with Gasteiger partial charge in [0.25, 0.3) is 0 Å². The van der Waals surface area contributed by atoms with Gasteiger partial charge in [-0.15, -0.1) is 0 Å². The van der Waals surface area contributed by atoms with Crippen LogP contribution in [0.1, 0.15) is 31.2 Å². The molecular weight excluding hydrogens is 585 g/mol. The lowest BCUT2D eigenvalue weighted by Gasteiger charge is -2.49. The largest absolute Gasteiger partial charge is 0.508 e. The van der Waals surface area contributed by atoms with E-state index >= 15 is 0 Å². The Balaban J connectivity index is 1.59. The number of benzene rings is 2. The smallest absolute Gasteiger partial charge is 0.328 e. The maximum Gasteiger partial charge on any atom is 0.328 e. The standard InChI is InChI=1S/C30H27ClFN3O8/c1-30-17(26(38)34(28(30)40)12-4-7-19(32)18(31)8-12)11-16-14(5-6-15-22(16)27(39)35(25(15)37)29(33)41)24(30)23-20(42-2)9-13(36)10-21(23)43-3/h4-5,7-10,15-17,22,24,36H,6,11H2,1-3H3,(H2,33,41)/t15-,16+,17-,22-,24+,30+/m0/s1. The number of phenolic OH excluding ortho intramolecular Hbond substituents is 1. The molecule has 2 saturated heterocycles. The van der Waals surface area contributed by atoms with Gasteiger partial charge in [-0.1, -0.05) is 23.3 Å². The minimum Gasteiger partial charge on any atom is -0.508 e. The number of carbonyl (C=O) groups excluding carboxylic acids is 5. The zero-order valence-electron chi connectivity index (χ0n) is 23.3. The molecule has 0 bridgehead atoms. The van der Waals surface area contributed by atoms with Gasteiger partial charge in [0, 0.05) is 23.6 Å². The average Bonchev–Trinajstić information content (AvgIpc) is 3.34. The fourth-order valence-electron chi connectivity index (χ4n) is 7.62. The number of anilines is 1. The second-order valence-corrected chi connectivity index (χ2v) is 11.8. The summed E-state index contributed by atoms with van der Waals surface area (Å²) in [5, 5.41) is 10.1. The number of halogens is 2. The van der Waals surface area contributed by atoms with Gasteiger partial charge in [0.1, 0.15) is 23.1 Å². The molecule has 43 heavy (non-hydrogen) atoms. The van der Waals surface area contributed by atoms with E-state index < -0.39 is 70.5 Å². The first-order valence-electron chi connectivity index (χ1n) is 13.5. The first-order chi connectivity index (χ1) is 20.4. The van der Waals surface area contributed by atoms with Gasteiger partial charge in [0.05, 0.1) is 48.1 Å². The highest BCUT2D eigenvalue weighted by molar-refractivity contribution is 6.31. The van der Waals surface area contributed by atoms with E-state index in [0.29, 0.717) is 16.0 Å². The molecule has 2 aromatic rings. The molecule has 3 N–H and O–H groups in total. The molecule has 0 spiro atoms. The van der Waals surface area contributed by atoms with Gasteiger partial charge < -0.3 is 20.3 Å². The number of primary amides is 1. The first kappa shape index (κ1) is 28.7. The van der Waals surface area contributed by atoms with Crippen molar-refractivity contribution < 1.29 is 42.9 Å². The predicted molar refractivity (Wildman–Crippen MR) is 149 cm³/mol. The van der Waals surface area contributed by atoms with Crippen molar-refractivity contribution in [3.63, 3.8) is 0 Å². The molecule has 6 atom stereocenters. The summed E-state index contributed by atoms with van der Waals surface area (Å²) in [6.45, 7) is 1.64. The Bertz CT molecular complexity index is 1650. The van der Waals surface area contributed by atoms with Crippen LogP contribution in [-0.4, -0.2) is 53.9 Å². The molecule has 2 aromatic carbocycles. The van der Waals surface area contributed by atoms with Crippen molar-refractivity contribution in [2.75, 3.05) is 19.1 Å². The third kappa shape index (κ3) is 3.81. The molecule has 0 unspecified atom stereocenters. The van der Waals surface area contributed by atoms with Crippen molar-refractivity contribution in [1.82, 2.24) is 4.90 Å². The Morgan fingerprint density at radius 1 is 1.05 bits per heavy atom. The highest BCUT2D eigenvalue weighted by Gasteiger charge is 2.68. The number of imide groups is 4. The van der Waals surface area contributed by atoms with Crippen LogP contribution in [0.25, 0.3) is 0 Å². The van der Waals surface area contributed by atoms with Gasteiger partial charge in [-0.05, 0) is 43.9 Å². The molecule has 0 aromatic heterocycles. The number of ether oxygens (including phenoxy) is 2. The molecule has 224 valence electrons. The number of rotatable bonds is 4. The van der Waals surface area contributed by atoms with E-state index in [9.17, 15) is 33.5 Å². The fraction of sp³-hybridized carbons (Fsp3) is 0.367. The summed E-state index contributed by atoms with van der Waals surface area (Å²) in [6, 6.07) is 5.04. The lowest BCUT2D eigenvalue weighted by Crippen LogP contribution is -2.49. The van der Waals surface area contributed by atoms with E-state index in [4.69, 9.17) is 26.8 Å². The molecular formula is C30H27ClFN3O8. The van der Waals surface area contributed by atoms with Gasteiger partial charge >= 0.3 is 6.03 Å². The lowest BCUT2D eigenvalue weighted by molar-refractivity contribution is -0.136. The Labute approximate surface area is 250 Å². The molecule has 1 saturated carbocycles. The molecule has 0 radical (unpaired) electrons. The van der Waals surface area contributed by atoms with E-state index in [-0.39, 0.29) is 40.8 Å². The summed E-state index contributed by atoms with van der Waals surface area (Å²) in [5.74, 6) is -7.80. The van der Waals surface area contributed by atoms with E-state index in [1.165, 1.54) is 38.5 Å². The number of nitrogens with two attached hydrogens (primary N) is 1. The Morgan fingerprint density at radius 3 is 2.28 bits per heavy atom. The van der Waals surface area contributed by atoms with Crippen LogP contribution in [0.3, 0.4) is 0 Å². The molecule has 11 nitrogen and oxygen atoms in total. The maximum absolute atomic E-state index is 14.5. The number of fused-ring (bicyclic) bond motifs is 4. The minimum absolute atomic E-state index is 0.00430. The van der Waals surface area contributed by atoms with E-state index in [0.717, 1.165) is 11.0 Å². The predicted octanol–water partition coefficient (Wildman–Crippen LogP) is 3.51. The van der Waals surface area contributed by atoms with Crippen molar-refractivity contribution in [2.24, 2.45) is 34.8 Å². The number of urea groups is 1. The summed E-state index contributed by atoms with van der Waals surface area (Å²) in [6.07, 6.45) is 1.86. The van der Waals surface area contributed by atoms with Crippen LogP contribution in [-0.2, 0) is 19.2 Å². The number of likely N-dealkylation sites (tertiary alicyclic amines) is 1. The van der Waals surface area contributed by atoms with Crippen LogP contribution in [0, 0.1) is 34.9 Å². The van der Waals surface area contributed by atoms with E-state index in [1.54, 1.807) is 13.0 Å². The Hall–Kier alpha value is -4.45. The van der Waals surface area contributed by atoms with Crippen LogP contribution < -0.4 is 20.1 Å². The summed E-state index contributed by atoms with van der Waals surface area (Å²) >= 11 is 6.02. The molecule has 13 heteroatoms. The zero-order valence-corrected chi connectivity index (χ0v) is 24.1. The molecule has 2 aliphatic carbocycles. The number of hydrogen-bond donors (Lipinski definition) is 2. The molecule has 3 fully saturated rings. The molecule has 6 rings (SSSR count). The van der Waals surface area contributed by atoms with Gasteiger partial charge in [0.15, 0.2) is 0 Å². The Morgan fingerprint density at radius 2 is 1.70 bits per heavy atom. The number of hydrogen-bond acceptors (Lipinski definition) is 8. The number of allylic oxidation sites excluding steroid dienone is 2. The van der Waals surface area contributed by atoms with Crippen molar-refractivity contribution in [1.29, 1.82) is 0 Å². The number of methoxy groups -OCH3 is 2. The van der Waals surface area contributed by atoms with Crippen molar-refractivity contribution in [3.8, 4) is 17.2 Å². The summed E-state index contributed by atoms with van der Waals surface area (Å²) in [4.78, 5) is 68.8. The molecule has 2 aliphatic heterocycles. The maximum atomic E-state index is 14.5. The number of phenols is 1. The molecule has 4 aliphatic rings. The Kier molecular flexibility index (Phi) is 6.53. The van der Waals surface area contributed by atoms with Crippen LogP contribution in [0.4, 0.5) is 14.9 Å². The van der Waals surface area contributed by atoms with Crippen LogP contribution >= 0.6 is 11.6 Å². The summed E-state index contributed by atoms with van der Waals surface area (Å²) in [7, 11) is 2.75. The summed E-state index contributed by atoms with van der Waals surface area (Å²) in [5.41, 5.74) is 4.92. The van der Waals surface area contributed by atoms with Crippen LogP contribution in [0.15, 0.2) is 42.0 Å². The third-order valence-electron chi connectivity index (χ3n) is 9.47. The SMILES string of the molecule is COc1cc(O)cc(OC)c1[C@H]1C2=CC[C@@H]3C(=O)N(C(N)=O)C(=O)[C@@H]3[C@@H]2C[C@H]2C(=O)N(c3ccc(F)c(Cl)c3)C(=O)[C@@]12C. The van der Waals surface area contributed by atoms with Crippen molar-refractivity contribution in [3.05, 3.63) is 58.4 Å². The topological polar surface area (TPSA) is 157 Å². The second kappa shape index (κ2) is 9.80. The monoisotopic (exact) mass is 611 g/mol. The fourth-order valence-corrected chi connectivity index (χ4v) is 7.80. The zero-order chi connectivity index (χ0) is 31.1. The van der Waals surface area contributed by atoms with Gasteiger partial charge in [-0.2, -0.15) is 4.90 Å². The number of amides is 6. The normalized spacial score (nSPS) is 29.7. The van der Waals surface area contributed by atoms with Crippen LogP contribution in [0.2, 0.25) is 5.02 Å². The molecule has 6 amide bonds. The van der Waals surface area contributed by atoms with Gasteiger partial charge in [0.2, 0.25) is 23.6 Å². The number of carbonyl (C=O) groups is 5. The number of nitrogens with zero attached hydrogens (tertiary/aromatic N) is 2.